The number of hydrogen-bond donors (Lipinski definition) is 0. The van der Waals surface area contributed by atoms with Gasteiger partial charge in [0.1, 0.15) is 16.7 Å². The van der Waals surface area contributed by atoms with Gasteiger partial charge in [-0.2, -0.15) is 5.26 Å². The molecule has 0 fully saturated rings. The third-order valence-corrected chi connectivity index (χ3v) is 5.32. The van der Waals surface area contributed by atoms with E-state index < -0.39 is 0 Å². The molecule has 2 aromatic carbocycles. The summed E-state index contributed by atoms with van der Waals surface area (Å²) >= 11 is 3.13. The Balaban J connectivity index is 2.08. The van der Waals surface area contributed by atoms with Crippen molar-refractivity contribution in [3.8, 4) is 6.07 Å². The number of halogens is 1. The van der Waals surface area contributed by atoms with Crippen LogP contribution in [0.4, 0.5) is 10.1 Å². The highest BCUT2D eigenvalue weighted by Gasteiger charge is 2.24. The molecule has 0 amide bonds. The van der Waals surface area contributed by atoms with E-state index in [1.54, 1.807) is 23.9 Å². The fraction of sp³-hybridized carbons (Fsp3) is 0.158. The largest absolute Gasteiger partial charge is 0.321 e. The highest BCUT2D eigenvalue weighted by atomic mass is 32.2. The molecule has 0 aliphatic carbocycles. The standard InChI is InChI=1S/C19H16FN3S2/c1-24-17-9-7-16(8-10-17)23-12-14(11-21)19(25-2)22-18(23)13-3-5-15(20)6-4-13/h3-10H,12H2,1-2H3. The fourth-order valence-corrected chi connectivity index (χ4v) is 3.51. The molecule has 0 spiro atoms. The SMILES string of the molecule is CSC1=C(C#N)CN(c2ccc(SC)cc2)C(c2ccc(F)cc2)=N1. The molecular formula is C19H16FN3S2. The minimum absolute atomic E-state index is 0.283. The fourth-order valence-electron chi connectivity index (χ4n) is 2.57. The van der Waals surface area contributed by atoms with Gasteiger partial charge in [0.25, 0.3) is 0 Å². The summed E-state index contributed by atoms with van der Waals surface area (Å²) < 4.78 is 13.3. The van der Waals surface area contributed by atoms with Crippen molar-refractivity contribution < 1.29 is 4.39 Å². The topological polar surface area (TPSA) is 39.4 Å². The zero-order valence-electron chi connectivity index (χ0n) is 13.9. The van der Waals surface area contributed by atoms with Crippen molar-refractivity contribution >= 4 is 35.0 Å². The normalized spacial score (nSPS) is 14.3. The van der Waals surface area contributed by atoms with Crippen molar-refractivity contribution in [3.05, 3.63) is 70.5 Å². The molecule has 0 bridgehead atoms. The number of rotatable bonds is 4. The van der Waals surface area contributed by atoms with E-state index in [-0.39, 0.29) is 5.82 Å². The van der Waals surface area contributed by atoms with Crippen LogP contribution in [0.2, 0.25) is 0 Å². The summed E-state index contributed by atoms with van der Waals surface area (Å²) in [5, 5.41) is 10.2. The van der Waals surface area contributed by atoms with Gasteiger partial charge in [0.05, 0.1) is 18.2 Å². The second kappa shape index (κ2) is 7.77. The van der Waals surface area contributed by atoms with E-state index in [2.05, 4.69) is 11.1 Å². The van der Waals surface area contributed by atoms with E-state index >= 15 is 0 Å². The first kappa shape index (κ1) is 17.6. The molecule has 126 valence electrons. The molecule has 0 radical (unpaired) electrons. The molecule has 0 saturated heterocycles. The van der Waals surface area contributed by atoms with Crippen LogP contribution in [0.15, 0.2) is 69.0 Å². The second-order valence-corrected chi connectivity index (χ2v) is 7.00. The number of nitrogens with zero attached hydrogens (tertiary/aromatic N) is 3. The van der Waals surface area contributed by atoms with Gasteiger partial charge in [-0.15, -0.1) is 23.5 Å². The van der Waals surface area contributed by atoms with Crippen molar-refractivity contribution in [3.63, 3.8) is 0 Å². The lowest BCUT2D eigenvalue weighted by Gasteiger charge is -2.30. The monoisotopic (exact) mass is 369 g/mol. The first-order chi connectivity index (χ1) is 12.2. The van der Waals surface area contributed by atoms with Crippen molar-refractivity contribution in [1.82, 2.24) is 0 Å². The highest BCUT2D eigenvalue weighted by molar-refractivity contribution is 8.02. The molecule has 0 aromatic heterocycles. The first-order valence-electron chi connectivity index (χ1n) is 7.59. The molecular weight excluding hydrogens is 353 g/mol. The maximum absolute atomic E-state index is 13.3. The van der Waals surface area contributed by atoms with Gasteiger partial charge in [0.15, 0.2) is 0 Å². The molecule has 3 nitrogen and oxygen atoms in total. The summed E-state index contributed by atoms with van der Waals surface area (Å²) in [6, 6.07) is 16.7. The number of aliphatic imine (C=N–C) groups is 1. The summed E-state index contributed by atoms with van der Waals surface area (Å²) in [7, 11) is 0. The van der Waals surface area contributed by atoms with E-state index in [9.17, 15) is 9.65 Å². The molecule has 1 aliphatic rings. The van der Waals surface area contributed by atoms with E-state index in [0.29, 0.717) is 17.1 Å². The Bertz CT molecular complexity index is 865. The zero-order valence-corrected chi connectivity index (χ0v) is 15.5. The van der Waals surface area contributed by atoms with Gasteiger partial charge < -0.3 is 4.90 Å². The minimum Gasteiger partial charge on any atom is -0.321 e. The van der Waals surface area contributed by atoms with E-state index in [1.807, 2.05) is 41.7 Å². The molecule has 3 rings (SSSR count). The molecule has 25 heavy (non-hydrogen) atoms. The number of hydrogen-bond acceptors (Lipinski definition) is 5. The third-order valence-electron chi connectivity index (χ3n) is 3.85. The van der Waals surface area contributed by atoms with Crippen LogP contribution in [0.25, 0.3) is 0 Å². The zero-order chi connectivity index (χ0) is 17.8. The Morgan fingerprint density at radius 1 is 1.04 bits per heavy atom. The van der Waals surface area contributed by atoms with Gasteiger partial charge in [-0.05, 0) is 61.0 Å². The summed E-state index contributed by atoms with van der Waals surface area (Å²) in [6.45, 7) is 0.446. The molecule has 0 unspecified atom stereocenters. The average Bonchev–Trinajstić information content (AvgIpc) is 2.67. The number of benzene rings is 2. The summed E-state index contributed by atoms with van der Waals surface area (Å²) in [5.41, 5.74) is 2.40. The van der Waals surface area contributed by atoms with Crippen molar-refractivity contribution in [1.29, 1.82) is 5.26 Å². The number of amidine groups is 1. The van der Waals surface area contributed by atoms with Crippen molar-refractivity contribution in [2.75, 3.05) is 24.0 Å². The van der Waals surface area contributed by atoms with Gasteiger partial charge in [-0.1, -0.05) is 0 Å². The molecule has 6 heteroatoms. The Morgan fingerprint density at radius 2 is 1.72 bits per heavy atom. The van der Waals surface area contributed by atoms with Gasteiger partial charge in [-0.3, -0.25) is 0 Å². The lowest BCUT2D eigenvalue weighted by atomic mass is 10.1. The van der Waals surface area contributed by atoms with Crippen molar-refractivity contribution in [2.45, 2.75) is 4.90 Å². The van der Waals surface area contributed by atoms with Gasteiger partial charge in [0.2, 0.25) is 0 Å². The molecule has 0 N–H and O–H groups in total. The quantitative estimate of drug-likeness (QED) is 0.718. The predicted octanol–water partition coefficient (Wildman–Crippen LogP) is 4.91. The Morgan fingerprint density at radius 3 is 2.28 bits per heavy atom. The highest BCUT2D eigenvalue weighted by Crippen LogP contribution is 2.30. The van der Waals surface area contributed by atoms with Crippen molar-refractivity contribution in [2.24, 2.45) is 4.99 Å². The third kappa shape index (κ3) is 3.73. The predicted molar refractivity (Wildman–Crippen MR) is 105 cm³/mol. The van der Waals surface area contributed by atoms with Crippen LogP contribution in [-0.2, 0) is 0 Å². The maximum atomic E-state index is 13.3. The Labute approximate surface area is 155 Å². The minimum atomic E-state index is -0.283. The molecule has 2 aromatic rings. The van der Waals surface area contributed by atoms with E-state index in [0.717, 1.165) is 17.1 Å². The Hall–Kier alpha value is -2.23. The van der Waals surface area contributed by atoms with E-state index in [1.165, 1.54) is 28.8 Å². The van der Waals surface area contributed by atoms with Crippen LogP contribution in [-0.4, -0.2) is 24.9 Å². The van der Waals surface area contributed by atoms with Crippen LogP contribution in [0.3, 0.4) is 0 Å². The maximum Gasteiger partial charge on any atom is 0.141 e. The molecule has 0 atom stereocenters. The van der Waals surface area contributed by atoms with Crippen LogP contribution in [0.5, 0.6) is 0 Å². The van der Waals surface area contributed by atoms with Crippen LogP contribution in [0.1, 0.15) is 5.56 Å². The lowest BCUT2D eigenvalue weighted by molar-refractivity contribution is 0.627. The summed E-state index contributed by atoms with van der Waals surface area (Å²) in [6.07, 6.45) is 3.93. The van der Waals surface area contributed by atoms with Gasteiger partial charge in [0, 0.05) is 16.1 Å². The van der Waals surface area contributed by atoms with Gasteiger partial charge in [-0.25, -0.2) is 9.38 Å². The van der Waals surface area contributed by atoms with Gasteiger partial charge >= 0.3 is 0 Å². The summed E-state index contributed by atoms with van der Waals surface area (Å²) in [5.74, 6) is 0.439. The molecule has 0 saturated carbocycles. The smallest absolute Gasteiger partial charge is 0.141 e. The van der Waals surface area contributed by atoms with Crippen LogP contribution in [0, 0.1) is 17.1 Å². The van der Waals surface area contributed by atoms with E-state index in [4.69, 9.17) is 0 Å². The molecule has 1 heterocycles. The number of thioether (sulfide) groups is 2. The number of anilines is 1. The summed E-state index contributed by atoms with van der Waals surface area (Å²) in [4.78, 5) is 7.85. The average molecular weight is 369 g/mol. The first-order valence-corrected chi connectivity index (χ1v) is 10.0. The second-order valence-electron chi connectivity index (χ2n) is 5.33. The van der Waals surface area contributed by atoms with Crippen LogP contribution >= 0.6 is 23.5 Å². The van der Waals surface area contributed by atoms with Crippen LogP contribution < -0.4 is 4.90 Å². The number of nitriles is 1. The lowest BCUT2D eigenvalue weighted by Crippen LogP contribution is -2.36. The Kier molecular flexibility index (Phi) is 5.47. The molecule has 1 aliphatic heterocycles.